The third-order valence-corrected chi connectivity index (χ3v) is 2.16. The molecule has 3 heteroatoms. The summed E-state index contributed by atoms with van der Waals surface area (Å²) in [6, 6.07) is 7.30. The molecular formula is C12H10N2O. The quantitative estimate of drug-likeness (QED) is 0.689. The van der Waals surface area contributed by atoms with E-state index in [0.717, 1.165) is 5.52 Å². The van der Waals surface area contributed by atoms with Crippen molar-refractivity contribution >= 4 is 10.9 Å². The zero-order valence-corrected chi connectivity index (χ0v) is 8.18. The van der Waals surface area contributed by atoms with Gasteiger partial charge >= 0.3 is 0 Å². The molecule has 2 rings (SSSR count). The lowest BCUT2D eigenvalue weighted by molar-refractivity contribution is 0.767. The van der Waals surface area contributed by atoms with Gasteiger partial charge in [-0.1, -0.05) is 18.7 Å². The van der Waals surface area contributed by atoms with E-state index in [2.05, 4.69) is 17.3 Å². The summed E-state index contributed by atoms with van der Waals surface area (Å²) in [6.45, 7) is 3.91. The van der Waals surface area contributed by atoms with Gasteiger partial charge in [0.1, 0.15) is 0 Å². The van der Waals surface area contributed by atoms with E-state index >= 15 is 0 Å². The molecule has 0 amide bonds. The molecule has 15 heavy (non-hydrogen) atoms. The van der Waals surface area contributed by atoms with Crippen molar-refractivity contribution in [1.82, 2.24) is 9.55 Å². The molecule has 0 fully saturated rings. The SMILES string of the molecule is C=C=CCn1cnc2ccccc2c1=O. The Morgan fingerprint density at radius 2 is 2.27 bits per heavy atom. The summed E-state index contributed by atoms with van der Waals surface area (Å²) in [5, 5.41) is 0.637. The van der Waals surface area contributed by atoms with Crippen LogP contribution in [0.1, 0.15) is 0 Å². The number of hydrogen-bond acceptors (Lipinski definition) is 2. The van der Waals surface area contributed by atoms with Crippen LogP contribution in [0.3, 0.4) is 0 Å². The Labute approximate surface area is 87.0 Å². The number of fused-ring (bicyclic) bond motifs is 1. The van der Waals surface area contributed by atoms with Crippen LogP contribution in [0.15, 0.2) is 53.8 Å². The van der Waals surface area contributed by atoms with Crippen LogP contribution in [0, 0.1) is 0 Å². The van der Waals surface area contributed by atoms with Crippen LogP contribution in [-0.2, 0) is 6.54 Å². The molecule has 0 aliphatic rings. The molecule has 0 aliphatic carbocycles. The third-order valence-electron chi connectivity index (χ3n) is 2.16. The second-order valence-corrected chi connectivity index (χ2v) is 3.13. The number of rotatable bonds is 2. The Hall–Kier alpha value is -2.12. The van der Waals surface area contributed by atoms with Gasteiger partial charge in [0.05, 0.1) is 23.8 Å². The van der Waals surface area contributed by atoms with Crippen molar-refractivity contribution in [2.75, 3.05) is 0 Å². The van der Waals surface area contributed by atoms with E-state index in [1.165, 1.54) is 4.57 Å². The predicted molar refractivity (Wildman–Crippen MR) is 59.7 cm³/mol. The van der Waals surface area contributed by atoms with Gasteiger partial charge in [-0.25, -0.2) is 4.98 Å². The van der Waals surface area contributed by atoms with Gasteiger partial charge in [0, 0.05) is 0 Å². The van der Waals surface area contributed by atoms with Crippen LogP contribution in [0.25, 0.3) is 10.9 Å². The maximum atomic E-state index is 11.9. The summed E-state index contributed by atoms with van der Waals surface area (Å²) >= 11 is 0. The summed E-state index contributed by atoms with van der Waals surface area (Å²) in [5.41, 5.74) is 3.32. The minimum Gasteiger partial charge on any atom is -0.294 e. The molecule has 1 heterocycles. The fourth-order valence-electron chi connectivity index (χ4n) is 1.40. The van der Waals surface area contributed by atoms with Crippen molar-refractivity contribution < 1.29 is 0 Å². The third kappa shape index (κ3) is 1.73. The second kappa shape index (κ2) is 3.95. The molecule has 0 N–H and O–H groups in total. The zero-order valence-electron chi connectivity index (χ0n) is 8.18. The monoisotopic (exact) mass is 198 g/mol. The largest absolute Gasteiger partial charge is 0.294 e. The molecule has 74 valence electrons. The number of hydrogen-bond donors (Lipinski definition) is 0. The minimum atomic E-state index is -0.0351. The first-order chi connectivity index (χ1) is 7.33. The standard InChI is InChI=1S/C12H10N2O/c1-2-3-8-14-9-13-11-7-5-4-6-10(11)12(14)15/h3-7,9H,1,8H2. The highest BCUT2D eigenvalue weighted by atomic mass is 16.1. The van der Waals surface area contributed by atoms with Crippen molar-refractivity contribution in [3.05, 3.63) is 59.3 Å². The van der Waals surface area contributed by atoms with Crippen LogP contribution in [-0.4, -0.2) is 9.55 Å². The van der Waals surface area contributed by atoms with E-state index in [4.69, 9.17) is 0 Å². The van der Waals surface area contributed by atoms with E-state index in [1.54, 1.807) is 18.5 Å². The van der Waals surface area contributed by atoms with Gasteiger partial charge in [-0.15, -0.1) is 5.73 Å². The van der Waals surface area contributed by atoms with Gasteiger partial charge in [0.15, 0.2) is 0 Å². The van der Waals surface area contributed by atoms with Crippen LogP contribution < -0.4 is 5.56 Å². The fourth-order valence-corrected chi connectivity index (χ4v) is 1.40. The number of benzene rings is 1. The summed E-state index contributed by atoms with van der Waals surface area (Å²) in [7, 11) is 0. The summed E-state index contributed by atoms with van der Waals surface area (Å²) in [5.74, 6) is 0. The smallest absolute Gasteiger partial charge is 0.261 e. The molecule has 1 aromatic carbocycles. The van der Waals surface area contributed by atoms with Crippen molar-refractivity contribution in [3.8, 4) is 0 Å². The molecule has 0 unspecified atom stereocenters. The van der Waals surface area contributed by atoms with Crippen LogP contribution in [0.5, 0.6) is 0 Å². The Morgan fingerprint density at radius 3 is 3.07 bits per heavy atom. The summed E-state index contributed by atoms with van der Waals surface area (Å²) in [6.07, 6.45) is 3.23. The maximum Gasteiger partial charge on any atom is 0.261 e. The molecule has 0 spiro atoms. The van der Waals surface area contributed by atoms with E-state index < -0.39 is 0 Å². The van der Waals surface area contributed by atoms with Gasteiger partial charge in [-0.3, -0.25) is 9.36 Å². The molecule has 3 nitrogen and oxygen atoms in total. The number of para-hydroxylation sites is 1. The maximum absolute atomic E-state index is 11.9. The lowest BCUT2D eigenvalue weighted by Crippen LogP contribution is -2.19. The first-order valence-electron chi connectivity index (χ1n) is 4.61. The minimum absolute atomic E-state index is 0.0351. The van der Waals surface area contributed by atoms with E-state index in [1.807, 2.05) is 18.2 Å². The predicted octanol–water partition coefficient (Wildman–Crippen LogP) is 1.74. The summed E-state index contributed by atoms with van der Waals surface area (Å²) < 4.78 is 1.53. The molecule has 0 saturated heterocycles. The highest BCUT2D eigenvalue weighted by Crippen LogP contribution is 2.04. The van der Waals surface area contributed by atoms with Crippen molar-refractivity contribution in [2.45, 2.75) is 6.54 Å². The number of nitrogens with zero attached hydrogens (tertiary/aromatic N) is 2. The molecule has 0 bridgehead atoms. The molecule has 0 saturated carbocycles. The Morgan fingerprint density at radius 1 is 1.47 bits per heavy atom. The van der Waals surface area contributed by atoms with Crippen molar-refractivity contribution in [2.24, 2.45) is 0 Å². The average molecular weight is 198 g/mol. The van der Waals surface area contributed by atoms with Gasteiger partial charge < -0.3 is 0 Å². The first kappa shape index (κ1) is 9.44. The zero-order chi connectivity index (χ0) is 10.7. The molecule has 0 radical (unpaired) electrons. The lowest BCUT2D eigenvalue weighted by Gasteiger charge is -2.02. The Bertz CT molecular complexity index is 592. The van der Waals surface area contributed by atoms with E-state index in [-0.39, 0.29) is 5.56 Å². The second-order valence-electron chi connectivity index (χ2n) is 3.13. The van der Waals surface area contributed by atoms with Crippen LogP contribution in [0.4, 0.5) is 0 Å². The molecule has 0 atom stereocenters. The highest BCUT2D eigenvalue weighted by Gasteiger charge is 2.00. The molecule has 2 aromatic rings. The number of aromatic nitrogens is 2. The summed E-state index contributed by atoms with van der Waals surface area (Å²) in [4.78, 5) is 16.1. The van der Waals surface area contributed by atoms with Gasteiger partial charge in [-0.05, 0) is 18.2 Å². The Balaban J connectivity index is 2.65. The van der Waals surface area contributed by atoms with Gasteiger partial charge in [0.25, 0.3) is 5.56 Å². The van der Waals surface area contributed by atoms with Crippen LogP contribution in [0.2, 0.25) is 0 Å². The fraction of sp³-hybridized carbons (Fsp3) is 0.0833. The van der Waals surface area contributed by atoms with Crippen molar-refractivity contribution in [1.29, 1.82) is 0 Å². The topological polar surface area (TPSA) is 34.9 Å². The van der Waals surface area contributed by atoms with Gasteiger partial charge in [0.2, 0.25) is 0 Å². The van der Waals surface area contributed by atoms with Gasteiger partial charge in [-0.2, -0.15) is 0 Å². The molecule has 0 aliphatic heterocycles. The normalized spacial score (nSPS) is 9.87. The highest BCUT2D eigenvalue weighted by molar-refractivity contribution is 5.76. The van der Waals surface area contributed by atoms with Crippen LogP contribution >= 0.6 is 0 Å². The average Bonchev–Trinajstić information content (AvgIpc) is 2.29. The van der Waals surface area contributed by atoms with E-state index in [0.29, 0.717) is 11.9 Å². The first-order valence-corrected chi connectivity index (χ1v) is 4.61. The Kier molecular flexibility index (Phi) is 2.48. The molecular weight excluding hydrogens is 188 g/mol. The van der Waals surface area contributed by atoms with E-state index in [9.17, 15) is 4.79 Å². The molecule has 1 aromatic heterocycles. The van der Waals surface area contributed by atoms with Crippen molar-refractivity contribution in [3.63, 3.8) is 0 Å². The lowest BCUT2D eigenvalue weighted by atomic mass is 10.2. The number of allylic oxidation sites excluding steroid dienone is 1.